The highest BCUT2D eigenvalue weighted by atomic mass is 32.1. The molecule has 2 rings (SSSR count). The number of amides is 1. The fraction of sp³-hybridized carbons (Fsp3) is 0.357. The van der Waals surface area contributed by atoms with Gasteiger partial charge in [0.1, 0.15) is 5.00 Å². The van der Waals surface area contributed by atoms with Gasteiger partial charge in [0.05, 0.1) is 23.9 Å². The monoisotopic (exact) mass is 307 g/mol. The van der Waals surface area contributed by atoms with Gasteiger partial charge in [0.2, 0.25) is 0 Å². The summed E-state index contributed by atoms with van der Waals surface area (Å²) < 4.78 is 6.62. The topological polar surface area (TPSA) is 73.2 Å². The molecule has 0 spiro atoms. The zero-order chi connectivity index (χ0) is 15.6. The second-order valence-electron chi connectivity index (χ2n) is 4.54. The van der Waals surface area contributed by atoms with E-state index in [0.29, 0.717) is 22.7 Å². The van der Waals surface area contributed by atoms with Crippen molar-refractivity contribution in [3.05, 3.63) is 34.0 Å². The molecule has 2 aromatic heterocycles. The van der Waals surface area contributed by atoms with Crippen LogP contribution in [0, 0.1) is 13.8 Å². The molecule has 0 atom stereocenters. The Kier molecular flexibility index (Phi) is 4.42. The molecular weight excluding hydrogens is 290 g/mol. The molecule has 0 fully saturated rings. The lowest BCUT2D eigenvalue weighted by Crippen LogP contribution is -2.15. The summed E-state index contributed by atoms with van der Waals surface area (Å²) in [6.45, 7) is 5.73. The van der Waals surface area contributed by atoms with Crippen molar-refractivity contribution in [2.75, 3.05) is 11.9 Å². The van der Waals surface area contributed by atoms with Crippen molar-refractivity contribution in [1.29, 1.82) is 0 Å². The summed E-state index contributed by atoms with van der Waals surface area (Å²) in [6.07, 6.45) is 1.51. The summed E-state index contributed by atoms with van der Waals surface area (Å²) in [6, 6.07) is 1.72. The van der Waals surface area contributed by atoms with E-state index in [0.717, 1.165) is 10.6 Å². The number of ether oxygens (including phenoxy) is 1. The fourth-order valence-corrected chi connectivity index (χ4v) is 2.75. The predicted octanol–water partition coefficient (Wildman–Crippen LogP) is 2.53. The van der Waals surface area contributed by atoms with E-state index in [-0.39, 0.29) is 5.91 Å². The van der Waals surface area contributed by atoms with E-state index >= 15 is 0 Å². The Hall–Kier alpha value is -2.15. The number of nitrogens with zero attached hydrogens (tertiary/aromatic N) is 2. The number of carbonyl (C=O) groups is 2. The lowest BCUT2D eigenvalue weighted by Gasteiger charge is -2.05. The van der Waals surface area contributed by atoms with Gasteiger partial charge in [-0.15, -0.1) is 11.3 Å². The van der Waals surface area contributed by atoms with Gasteiger partial charge >= 0.3 is 5.97 Å². The zero-order valence-corrected chi connectivity index (χ0v) is 13.2. The van der Waals surface area contributed by atoms with Crippen LogP contribution in [0.3, 0.4) is 0 Å². The number of rotatable bonds is 4. The van der Waals surface area contributed by atoms with Crippen LogP contribution in [0.5, 0.6) is 0 Å². The third-order valence-electron chi connectivity index (χ3n) is 3.06. The molecule has 1 N–H and O–H groups in total. The van der Waals surface area contributed by atoms with E-state index in [2.05, 4.69) is 10.4 Å². The van der Waals surface area contributed by atoms with Gasteiger partial charge in [-0.25, -0.2) is 4.79 Å². The Morgan fingerprint density at radius 2 is 2.10 bits per heavy atom. The first kappa shape index (κ1) is 15.2. The third kappa shape index (κ3) is 3.13. The first-order valence-corrected chi connectivity index (χ1v) is 7.33. The number of thiophene rings is 1. The van der Waals surface area contributed by atoms with Gasteiger partial charge in [0, 0.05) is 17.6 Å². The van der Waals surface area contributed by atoms with Crippen LogP contribution in [0.15, 0.2) is 12.3 Å². The standard InChI is InChI=1S/C14H17N3O3S/c1-5-20-14(19)10-6-8(2)21-13(10)16-12(18)11-7-15-17(4)9(11)3/h6-7H,5H2,1-4H3,(H,16,18). The molecule has 1 amide bonds. The number of hydrogen-bond donors (Lipinski definition) is 1. The van der Waals surface area contributed by atoms with Gasteiger partial charge in [0.25, 0.3) is 5.91 Å². The van der Waals surface area contributed by atoms with E-state index in [4.69, 9.17) is 4.74 Å². The van der Waals surface area contributed by atoms with Crippen LogP contribution in [-0.4, -0.2) is 28.3 Å². The largest absolute Gasteiger partial charge is 0.462 e. The van der Waals surface area contributed by atoms with Gasteiger partial charge in [0.15, 0.2) is 0 Å². The molecule has 0 aliphatic heterocycles. The Labute approximate surface area is 126 Å². The van der Waals surface area contributed by atoms with Crippen LogP contribution in [-0.2, 0) is 11.8 Å². The average molecular weight is 307 g/mol. The molecule has 2 heterocycles. The highest BCUT2D eigenvalue weighted by Gasteiger charge is 2.20. The second-order valence-corrected chi connectivity index (χ2v) is 5.80. The second kappa shape index (κ2) is 6.09. The van der Waals surface area contributed by atoms with Gasteiger partial charge in [-0.1, -0.05) is 0 Å². The SMILES string of the molecule is CCOC(=O)c1cc(C)sc1NC(=O)c1cnn(C)c1C. The van der Waals surface area contributed by atoms with Crippen LogP contribution in [0.2, 0.25) is 0 Å². The number of aromatic nitrogens is 2. The summed E-state index contributed by atoms with van der Waals surface area (Å²) in [5.74, 6) is -0.715. The van der Waals surface area contributed by atoms with E-state index in [1.54, 1.807) is 24.7 Å². The van der Waals surface area contributed by atoms with Crippen molar-refractivity contribution in [2.24, 2.45) is 7.05 Å². The van der Waals surface area contributed by atoms with Gasteiger partial charge < -0.3 is 10.1 Å². The number of anilines is 1. The van der Waals surface area contributed by atoms with E-state index in [1.165, 1.54) is 17.5 Å². The van der Waals surface area contributed by atoms with Crippen molar-refractivity contribution < 1.29 is 14.3 Å². The highest BCUT2D eigenvalue weighted by Crippen LogP contribution is 2.29. The minimum Gasteiger partial charge on any atom is -0.462 e. The third-order valence-corrected chi connectivity index (χ3v) is 4.02. The number of aryl methyl sites for hydroxylation is 2. The number of carbonyl (C=O) groups excluding carboxylic acids is 2. The summed E-state index contributed by atoms with van der Waals surface area (Å²) >= 11 is 1.34. The molecular formula is C14H17N3O3S. The van der Waals surface area contributed by atoms with Crippen molar-refractivity contribution in [3.8, 4) is 0 Å². The highest BCUT2D eigenvalue weighted by molar-refractivity contribution is 7.16. The average Bonchev–Trinajstić information content (AvgIpc) is 2.94. The molecule has 0 saturated heterocycles. The first-order valence-electron chi connectivity index (χ1n) is 6.51. The van der Waals surface area contributed by atoms with Crippen LogP contribution in [0.4, 0.5) is 5.00 Å². The Bertz CT molecular complexity index is 688. The van der Waals surface area contributed by atoms with E-state index in [9.17, 15) is 9.59 Å². The lowest BCUT2D eigenvalue weighted by molar-refractivity contribution is 0.0528. The number of nitrogens with one attached hydrogen (secondary N) is 1. The molecule has 7 heteroatoms. The van der Waals surface area contributed by atoms with Crippen LogP contribution < -0.4 is 5.32 Å². The summed E-state index contributed by atoms with van der Waals surface area (Å²) in [7, 11) is 1.77. The van der Waals surface area contributed by atoms with Crippen LogP contribution >= 0.6 is 11.3 Å². The minimum atomic E-state index is -0.431. The molecule has 0 radical (unpaired) electrons. The van der Waals surface area contributed by atoms with Crippen molar-refractivity contribution in [2.45, 2.75) is 20.8 Å². The Balaban J connectivity index is 2.25. The molecule has 0 saturated carbocycles. The van der Waals surface area contributed by atoms with Gasteiger partial charge in [-0.3, -0.25) is 9.48 Å². The summed E-state index contributed by atoms with van der Waals surface area (Å²) in [4.78, 5) is 25.1. The van der Waals surface area contributed by atoms with E-state index < -0.39 is 5.97 Å². The molecule has 0 aliphatic rings. The van der Waals surface area contributed by atoms with Crippen molar-refractivity contribution >= 4 is 28.2 Å². The van der Waals surface area contributed by atoms with Crippen LogP contribution in [0.1, 0.15) is 38.2 Å². The molecule has 2 aromatic rings. The molecule has 0 aliphatic carbocycles. The first-order chi connectivity index (χ1) is 9.93. The smallest absolute Gasteiger partial charge is 0.341 e. The van der Waals surface area contributed by atoms with Crippen molar-refractivity contribution in [1.82, 2.24) is 9.78 Å². The zero-order valence-electron chi connectivity index (χ0n) is 12.4. The van der Waals surface area contributed by atoms with E-state index in [1.807, 2.05) is 13.8 Å². The molecule has 0 unspecified atom stereocenters. The maximum absolute atomic E-state index is 12.3. The minimum absolute atomic E-state index is 0.284. The lowest BCUT2D eigenvalue weighted by atomic mass is 10.2. The predicted molar refractivity (Wildman–Crippen MR) is 80.9 cm³/mol. The van der Waals surface area contributed by atoms with Gasteiger partial charge in [-0.05, 0) is 26.8 Å². The normalized spacial score (nSPS) is 10.5. The summed E-state index contributed by atoms with van der Waals surface area (Å²) in [5, 5.41) is 7.30. The number of esters is 1. The molecule has 6 nitrogen and oxygen atoms in total. The maximum Gasteiger partial charge on any atom is 0.341 e. The maximum atomic E-state index is 12.3. The van der Waals surface area contributed by atoms with Crippen molar-refractivity contribution in [3.63, 3.8) is 0 Å². The fourth-order valence-electron chi connectivity index (χ4n) is 1.86. The van der Waals surface area contributed by atoms with Crippen LogP contribution in [0.25, 0.3) is 0 Å². The summed E-state index contributed by atoms with van der Waals surface area (Å²) in [5.41, 5.74) is 1.63. The molecule has 0 bridgehead atoms. The number of hydrogen-bond acceptors (Lipinski definition) is 5. The molecule has 112 valence electrons. The Morgan fingerprint density at radius 3 is 2.67 bits per heavy atom. The van der Waals surface area contributed by atoms with Gasteiger partial charge in [-0.2, -0.15) is 5.10 Å². The molecule has 21 heavy (non-hydrogen) atoms. The Morgan fingerprint density at radius 1 is 1.38 bits per heavy atom. The quantitative estimate of drug-likeness (QED) is 0.881. The molecule has 0 aromatic carbocycles.